The average Bonchev–Trinajstić information content (AvgIpc) is 2.75. The highest BCUT2D eigenvalue weighted by Gasteiger charge is 2.57. The van der Waals surface area contributed by atoms with Gasteiger partial charge < -0.3 is 10.2 Å². The Morgan fingerprint density at radius 1 is 1.21 bits per heavy atom. The third-order valence-electron chi connectivity index (χ3n) is 6.02. The number of carbonyl (C=O) groups excluding carboxylic acids is 2. The molecule has 4 nitrogen and oxygen atoms in total. The molecule has 1 spiro atoms. The van der Waals surface area contributed by atoms with Crippen molar-refractivity contribution < 1.29 is 9.59 Å². The van der Waals surface area contributed by atoms with Crippen LogP contribution in [0.3, 0.4) is 0 Å². The van der Waals surface area contributed by atoms with Crippen LogP contribution in [0.2, 0.25) is 0 Å². The zero-order valence-electron chi connectivity index (χ0n) is 11.4. The number of nitrogens with zero attached hydrogens (tertiary/aromatic N) is 1. The van der Waals surface area contributed by atoms with Crippen molar-refractivity contribution >= 4 is 11.8 Å². The first-order valence-electron chi connectivity index (χ1n) is 7.74. The molecule has 0 radical (unpaired) electrons. The normalized spacial score (nSPS) is 39.3. The minimum absolute atomic E-state index is 0.160. The predicted octanol–water partition coefficient (Wildman–Crippen LogP) is 1.16. The number of hydrogen-bond acceptors (Lipinski definition) is 2. The molecule has 4 aliphatic rings. The molecule has 104 valence electrons. The number of hydrogen-bond donors (Lipinski definition) is 1. The maximum absolute atomic E-state index is 12.5. The Labute approximate surface area is 113 Å². The van der Waals surface area contributed by atoms with Crippen molar-refractivity contribution in [1.29, 1.82) is 0 Å². The van der Waals surface area contributed by atoms with Crippen LogP contribution in [-0.4, -0.2) is 36.3 Å². The van der Waals surface area contributed by atoms with E-state index in [9.17, 15) is 9.59 Å². The number of rotatable bonds is 1. The average molecular weight is 262 g/mol. The third kappa shape index (κ3) is 1.79. The molecule has 4 fully saturated rings. The quantitative estimate of drug-likeness (QED) is 0.771. The van der Waals surface area contributed by atoms with Gasteiger partial charge in [0.2, 0.25) is 11.8 Å². The second kappa shape index (κ2) is 3.97. The van der Waals surface area contributed by atoms with E-state index in [1.165, 1.54) is 19.3 Å². The van der Waals surface area contributed by atoms with E-state index in [-0.39, 0.29) is 11.3 Å². The van der Waals surface area contributed by atoms with Crippen LogP contribution in [0.1, 0.15) is 38.5 Å². The predicted molar refractivity (Wildman–Crippen MR) is 70.2 cm³/mol. The molecule has 0 bridgehead atoms. The third-order valence-corrected chi connectivity index (χ3v) is 6.02. The Balaban J connectivity index is 1.36. The summed E-state index contributed by atoms with van der Waals surface area (Å²) in [5.74, 6) is 2.42. The Hall–Kier alpha value is -1.06. The second-order valence-electron chi connectivity index (χ2n) is 7.06. The first-order chi connectivity index (χ1) is 9.19. The molecule has 2 amide bonds. The van der Waals surface area contributed by atoms with Gasteiger partial charge in [0.25, 0.3) is 0 Å². The number of likely N-dealkylation sites (tertiary alicyclic amines) is 1. The van der Waals surface area contributed by atoms with Gasteiger partial charge in [0.05, 0.1) is 0 Å². The van der Waals surface area contributed by atoms with Gasteiger partial charge in [0.15, 0.2) is 0 Å². The van der Waals surface area contributed by atoms with Crippen molar-refractivity contribution in [2.24, 2.45) is 23.2 Å². The topological polar surface area (TPSA) is 49.4 Å². The maximum atomic E-state index is 12.5. The monoisotopic (exact) mass is 262 g/mol. The van der Waals surface area contributed by atoms with Gasteiger partial charge in [-0.25, -0.2) is 0 Å². The van der Waals surface area contributed by atoms with Crippen LogP contribution in [0.4, 0.5) is 0 Å². The molecule has 0 aromatic rings. The van der Waals surface area contributed by atoms with Gasteiger partial charge in [-0.15, -0.1) is 0 Å². The highest BCUT2D eigenvalue weighted by Crippen LogP contribution is 2.58. The van der Waals surface area contributed by atoms with Gasteiger partial charge in [-0.05, 0) is 42.9 Å². The molecule has 4 heteroatoms. The number of piperidine rings is 1. The van der Waals surface area contributed by atoms with E-state index in [1.807, 2.05) is 0 Å². The summed E-state index contributed by atoms with van der Waals surface area (Å²) >= 11 is 0. The Bertz CT molecular complexity index is 416. The first kappa shape index (κ1) is 11.7. The Morgan fingerprint density at radius 2 is 1.89 bits per heavy atom. The fourth-order valence-electron chi connectivity index (χ4n) is 4.71. The standard InChI is InChI=1S/C15H22N2O2/c18-12-8-15(9-16-12)4-6-17(7-5-15)14(19)13-10-2-1-3-11(10)13/h10-11,13H,1-9H2,(H,16,18). The molecule has 19 heavy (non-hydrogen) atoms. The second-order valence-corrected chi connectivity index (χ2v) is 7.06. The number of nitrogens with one attached hydrogen (secondary N) is 1. The summed E-state index contributed by atoms with van der Waals surface area (Å²) in [4.78, 5) is 26.0. The Morgan fingerprint density at radius 3 is 2.47 bits per heavy atom. The van der Waals surface area contributed by atoms with E-state index in [0.717, 1.165) is 44.3 Å². The summed E-state index contributed by atoms with van der Waals surface area (Å²) in [6.45, 7) is 2.55. The lowest BCUT2D eigenvalue weighted by atomic mass is 9.77. The van der Waals surface area contributed by atoms with E-state index >= 15 is 0 Å². The lowest BCUT2D eigenvalue weighted by Gasteiger charge is -2.38. The van der Waals surface area contributed by atoms with Crippen molar-refractivity contribution in [1.82, 2.24) is 10.2 Å². The fourth-order valence-corrected chi connectivity index (χ4v) is 4.71. The largest absolute Gasteiger partial charge is 0.356 e. The summed E-state index contributed by atoms with van der Waals surface area (Å²) in [6.07, 6.45) is 6.55. The number of carbonyl (C=O) groups is 2. The van der Waals surface area contributed by atoms with Crippen molar-refractivity contribution in [3.63, 3.8) is 0 Å². The molecule has 0 aromatic carbocycles. The number of amides is 2. The van der Waals surface area contributed by atoms with Crippen LogP contribution in [-0.2, 0) is 9.59 Å². The summed E-state index contributed by atoms with van der Waals surface area (Å²) in [5.41, 5.74) is 0.160. The molecule has 2 aliphatic heterocycles. The molecule has 2 unspecified atom stereocenters. The van der Waals surface area contributed by atoms with E-state index < -0.39 is 0 Å². The molecule has 2 atom stereocenters. The molecule has 0 aromatic heterocycles. The van der Waals surface area contributed by atoms with Gasteiger partial charge in [-0.1, -0.05) is 6.42 Å². The smallest absolute Gasteiger partial charge is 0.226 e. The highest BCUT2D eigenvalue weighted by atomic mass is 16.2. The minimum Gasteiger partial charge on any atom is -0.356 e. The molecule has 2 saturated heterocycles. The molecule has 4 rings (SSSR count). The molecule has 2 aliphatic carbocycles. The summed E-state index contributed by atoms with van der Waals surface area (Å²) in [5, 5.41) is 2.95. The lowest BCUT2D eigenvalue weighted by Crippen LogP contribution is -2.45. The molecule has 2 saturated carbocycles. The zero-order chi connectivity index (χ0) is 13.0. The van der Waals surface area contributed by atoms with Crippen LogP contribution >= 0.6 is 0 Å². The summed E-state index contributed by atoms with van der Waals surface area (Å²) in [6, 6.07) is 0. The van der Waals surface area contributed by atoms with Crippen LogP contribution in [0.15, 0.2) is 0 Å². The summed E-state index contributed by atoms with van der Waals surface area (Å²) < 4.78 is 0. The minimum atomic E-state index is 0.160. The lowest BCUT2D eigenvalue weighted by molar-refractivity contribution is -0.135. The molecule has 2 heterocycles. The Kier molecular flexibility index (Phi) is 2.45. The van der Waals surface area contributed by atoms with Gasteiger partial charge >= 0.3 is 0 Å². The van der Waals surface area contributed by atoms with Crippen molar-refractivity contribution in [3.8, 4) is 0 Å². The summed E-state index contributed by atoms with van der Waals surface area (Å²) in [7, 11) is 0. The van der Waals surface area contributed by atoms with E-state index in [1.54, 1.807) is 0 Å². The number of fused-ring (bicyclic) bond motifs is 1. The van der Waals surface area contributed by atoms with Gasteiger partial charge in [0, 0.05) is 32.0 Å². The van der Waals surface area contributed by atoms with Crippen LogP contribution < -0.4 is 5.32 Å². The molecular weight excluding hydrogens is 240 g/mol. The fraction of sp³-hybridized carbons (Fsp3) is 0.867. The van der Waals surface area contributed by atoms with Gasteiger partial charge in [-0.3, -0.25) is 9.59 Å². The molecular formula is C15H22N2O2. The van der Waals surface area contributed by atoms with Crippen molar-refractivity contribution in [3.05, 3.63) is 0 Å². The SMILES string of the molecule is O=C1CC2(CCN(C(=O)C3C4CCCC43)CC2)CN1. The first-order valence-corrected chi connectivity index (χ1v) is 7.74. The van der Waals surface area contributed by atoms with Gasteiger partial charge in [0.1, 0.15) is 0 Å². The van der Waals surface area contributed by atoms with E-state index in [0.29, 0.717) is 18.2 Å². The highest BCUT2D eigenvalue weighted by molar-refractivity contribution is 5.83. The van der Waals surface area contributed by atoms with E-state index in [2.05, 4.69) is 10.2 Å². The van der Waals surface area contributed by atoms with Crippen molar-refractivity contribution in [2.45, 2.75) is 38.5 Å². The van der Waals surface area contributed by atoms with E-state index in [4.69, 9.17) is 0 Å². The van der Waals surface area contributed by atoms with Crippen LogP contribution in [0.25, 0.3) is 0 Å². The molecule has 1 N–H and O–H groups in total. The maximum Gasteiger partial charge on any atom is 0.226 e. The van der Waals surface area contributed by atoms with Gasteiger partial charge in [-0.2, -0.15) is 0 Å². The zero-order valence-corrected chi connectivity index (χ0v) is 11.4. The van der Waals surface area contributed by atoms with Crippen LogP contribution in [0.5, 0.6) is 0 Å². The van der Waals surface area contributed by atoms with Crippen molar-refractivity contribution in [2.75, 3.05) is 19.6 Å². The van der Waals surface area contributed by atoms with Crippen LogP contribution in [0, 0.1) is 23.2 Å².